The Bertz CT molecular complexity index is 1010. The van der Waals surface area contributed by atoms with Crippen molar-refractivity contribution in [3.05, 3.63) is 70.1 Å². The number of anilines is 1. The highest BCUT2D eigenvalue weighted by Crippen LogP contribution is 2.13. The third kappa shape index (κ3) is 4.04. The van der Waals surface area contributed by atoms with Crippen molar-refractivity contribution < 1.29 is 9.59 Å². The van der Waals surface area contributed by atoms with Crippen molar-refractivity contribution in [1.29, 1.82) is 0 Å². The number of aromatic nitrogens is 2. The van der Waals surface area contributed by atoms with Crippen molar-refractivity contribution in [2.45, 2.75) is 13.0 Å². The van der Waals surface area contributed by atoms with Gasteiger partial charge in [-0.15, -0.1) is 0 Å². The van der Waals surface area contributed by atoms with Crippen LogP contribution in [0.4, 0.5) is 10.5 Å². The van der Waals surface area contributed by atoms with Gasteiger partial charge in [-0.05, 0) is 23.8 Å². The molecule has 0 fully saturated rings. The number of carbonyl (C=O) groups excluding carboxylic acids is 2. The van der Waals surface area contributed by atoms with Crippen LogP contribution in [0.25, 0.3) is 10.8 Å². The van der Waals surface area contributed by atoms with E-state index in [1.54, 1.807) is 48.5 Å². The molecule has 3 aromatic rings. The lowest BCUT2D eigenvalue weighted by Gasteiger charge is -2.08. The summed E-state index contributed by atoms with van der Waals surface area (Å²) in [7, 11) is 0. The number of amides is 3. The number of nitrogens with two attached hydrogens (primary N) is 1. The Balaban J connectivity index is 1.64. The monoisotopic (exact) mass is 351 g/mol. The first-order valence-corrected chi connectivity index (χ1v) is 7.91. The van der Waals surface area contributed by atoms with Gasteiger partial charge in [-0.25, -0.2) is 9.89 Å². The number of nitrogens with zero attached hydrogens (tertiary/aromatic N) is 1. The van der Waals surface area contributed by atoms with Crippen LogP contribution in [-0.2, 0) is 17.8 Å². The van der Waals surface area contributed by atoms with E-state index in [2.05, 4.69) is 20.8 Å². The summed E-state index contributed by atoms with van der Waals surface area (Å²) in [5, 5.41) is 12.8. The van der Waals surface area contributed by atoms with Gasteiger partial charge < -0.3 is 16.4 Å². The average molecular weight is 351 g/mol. The number of primary amides is 1. The molecule has 8 heteroatoms. The number of rotatable bonds is 5. The summed E-state index contributed by atoms with van der Waals surface area (Å²) in [5.41, 5.74) is 6.73. The topological polar surface area (TPSA) is 130 Å². The molecule has 0 spiro atoms. The van der Waals surface area contributed by atoms with Crippen LogP contribution >= 0.6 is 0 Å². The minimum absolute atomic E-state index is 0.0542. The highest BCUT2D eigenvalue weighted by Gasteiger charge is 2.10. The van der Waals surface area contributed by atoms with Crippen LogP contribution in [-0.4, -0.2) is 22.1 Å². The summed E-state index contributed by atoms with van der Waals surface area (Å²) in [6, 6.07) is 13.3. The number of hydrogen-bond donors (Lipinski definition) is 4. The van der Waals surface area contributed by atoms with Crippen molar-refractivity contribution in [2.75, 3.05) is 5.32 Å². The fourth-order valence-electron chi connectivity index (χ4n) is 2.57. The van der Waals surface area contributed by atoms with Crippen LogP contribution in [0.2, 0.25) is 0 Å². The van der Waals surface area contributed by atoms with Crippen LogP contribution < -0.4 is 21.9 Å². The van der Waals surface area contributed by atoms with Gasteiger partial charge in [0, 0.05) is 17.6 Å². The van der Waals surface area contributed by atoms with E-state index in [1.807, 2.05) is 0 Å². The molecule has 26 heavy (non-hydrogen) atoms. The molecule has 3 amide bonds. The molecule has 0 radical (unpaired) electrons. The van der Waals surface area contributed by atoms with Crippen molar-refractivity contribution in [2.24, 2.45) is 5.73 Å². The zero-order chi connectivity index (χ0) is 18.5. The van der Waals surface area contributed by atoms with Gasteiger partial charge in [0.25, 0.3) is 5.56 Å². The molecule has 0 aliphatic heterocycles. The third-order valence-corrected chi connectivity index (χ3v) is 3.81. The van der Waals surface area contributed by atoms with Gasteiger partial charge in [-0.2, -0.15) is 5.10 Å². The predicted octanol–water partition coefficient (Wildman–Crippen LogP) is 1.27. The molecule has 132 valence electrons. The van der Waals surface area contributed by atoms with E-state index in [1.165, 1.54) is 0 Å². The maximum Gasteiger partial charge on any atom is 0.316 e. The Morgan fingerprint density at radius 1 is 1.04 bits per heavy atom. The van der Waals surface area contributed by atoms with Crippen molar-refractivity contribution in [1.82, 2.24) is 15.5 Å². The maximum absolute atomic E-state index is 12.2. The second-order valence-electron chi connectivity index (χ2n) is 5.68. The first-order chi connectivity index (χ1) is 12.5. The highest BCUT2D eigenvalue weighted by atomic mass is 16.2. The van der Waals surface area contributed by atoms with E-state index < -0.39 is 6.03 Å². The van der Waals surface area contributed by atoms with Gasteiger partial charge in [0.15, 0.2) is 0 Å². The van der Waals surface area contributed by atoms with Gasteiger partial charge in [-0.1, -0.05) is 30.3 Å². The van der Waals surface area contributed by atoms with E-state index in [9.17, 15) is 14.4 Å². The Hall–Kier alpha value is -3.68. The zero-order valence-electron chi connectivity index (χ0n) is 13.8. The lowest BCUT2D eigenvalue weighted by Crippen LogP contribution is -2.26. The molecule has 1 heterocycles. The number of carbonyl (C=O) groups is 2. The van der Waals surface area contributed by atoms with Gasteiger partial charge >= 0.3 is 6.03 Å². The van der Waals surface area contributed by atoms with E-state index in [-0.39, 0.29) is 17.9 Å². The summed E-state index contributed by atoms with van der Waals surface area (Å²) >= 11 is 0. The minimum Gasteiger partial charge on any atom is -0.352 e. The SMILES string of the molecule is NC(=O)Nc1ccc(CNC(=O)Cc2n[nH]c(=O)c3ccccc23)cc1. The van der Waals surface area contributed by atoms with Crippen LogP contribution in [0.5, 0.6) is 0 Å². The zero-order valence-corrected chi connectivity index (χ0v) is 13.8. The minimum atomic E-state index is -0.633. The molecule has 0 aliphatic rings. The summed E-state index contributed by atoms with van der Waals surface area (Å²) in [6.45, 7) is 0.330. The summed E-state index contributed by atoms with van der Waals surface area (Å²) in [5.74, 6) is -0.214. The number of benzene rings is 2. The number of nitrogens with one attached hydrogen (secondary N) is 3. The first-order valence-electron chi connectivity index (χ1n) is 7.91. The average Bonchev–Trinajstić information content (AvgIpc) is 2.63. The maximum atomic E-state index is 12.2. The number of fused-ring (bicyclic) bond motifs is 1. The fourth-order valence-corrected chi connectivity index (χ4v) is 2.57. The van der Waals surface area contributed by atoms with Crippen LogP contribution in [0, 0.1) is 0 Å². The molecule has 0 unspecified atom stereocenters. The number of aromatic amines is 1. The lowest BCUT2D eigenvalue weighted by molar-refractivity contribution is -0.120. The van der Waals surface area contributed by atoms with Crippen molar-refractivity contribution >= 4 is 28.4 Å². The summed E-state index contributed by atoms with van der Waals surface area (Å²) in [4.78, 5) is 34.8. The number of urea groups is 1. The normalized spacial score (nSPS) is 10.5. The smallest absolute Gasteiger partial charge is 0.316 e. The number of H-pyrrole nitrogens is 1. The third-order valence-electron chi connectivity index (χ3n) is 3.81. The second-order valence-corrected chi connectivity index (χ2v) is 5.68. The summed E-state index contributed by atoms with van der Waals surface area (Å²) < 4.78 is 0. The molecule has 8 nitrogen and oxygen atoms in total. The fraction of sp³-hybridized carbons (Fsp3) is 0.111. The molecule has 1 aromatic heterocycles. The van der Waals surface area contributed by atoms with Gasteiger partial charge in [-0.3, -0.25) is 9.59 Å². The quantitative estimate of drug-likeness (QED) is 0.551. The molecule has 0 saturated carbocycles. The highest BCUT2D eigenvalue weighted by molar-refractivity contribution is 5.88. The van der Waals surface area contributed by atoms with E-state index in [0.29, 0.717) is 28.7 Å². The molecule has 0 saturated heterocycles. The largest absolute Gasteiger partial charge is 0.352 e. The van der Waals surface area contributed by atoms with Gasteiger partial charge in [0.2, 0.25) is 5.91 Å². The molecule has 5 N–H and O–H groups in total. The summed E-state index contributed by atoms with van der Waals surface area (Å²) in [6.07, 6.45) is 0.0542. The Morgan fingerprint density at radius 2 is 1.73 bits per heavy atom. The van der Waals surface area contributed by atoms with E-state index in [4.69, 9.17) is 5.73 Å². The second kappa shape index (κ2) is 7.47. The van der Waals surface area contributed by atoms with Crippen LogP contribution in [0.15, 0.2) is 53.3 Å². The first kappa shape index (κ1) is 17.2. The van der Waals surface area contributed by atoms with Crippen molar-refractivity contribution in [3.8, 4) is 0 Å². The molecule has 2 aromatic carbocycles. The predicted molar refractivity (Wildman–Crippen MR) is 97.6 cm³/mol. The molecule has 0 aliphatic carbocycles. The lowest BCUT2D eigenvalue weighted by atomic mass is 10.1. The molecule has 3 rings (SSSR count). The molecular formula is C18H17N5O3. The van der Waals surface area contributed by atoms with E-state index in [0.717, 1.165) is 5.56 Å². The van der Waals surface area contributed by atoms with Crippen molar-refractivity contribution in [3.63, 3.8) is 0 Å². The van der Waals surface area contributed by atoms with Gasteiger partial charge in [0.05, 0.1) is 17.5 Å². The Labute approximate surface area is 148 Å². The Kier molecular flexibility index (Phi) is 4.93. The van der Waals surface area contributed by atoms with Crippen LogP contribution in [0.1, 0.15) is 11.3 Å². The standard InChI is InChI=1S/C18H17N5O3/c19-18(26)21-12-7-5-11(6-8-12)10-20-16(24)9-15-13-3-1-2-4-14(13)17(25)23-22-15/h1-8H,9-10H2,(H,20,24)(H,23,25)(H3,19,21,26). The molecular weight excluding hydrogens is 334 g/mol. The van der Waals surface area contributed by atoms with E-state index >= 15 is 0 Å². The molecule has 0 bridgehead atoms. The molecule has 0 atom stereocenters. The Morgan fingerprint density at radius 3 is 2.42 bits per heavy atom. The number of hydrogen-bond acceptors (Lipinski definition) is 4. The van der Waals surface area contributed by atoms with Gasteiger partial charge in [0.1, 0.15) is 0 Å². The van der Waals surface area contributed by atoms with Crippen LogP contribution in [0.3, 0.4) is 0 Å².